The molecule has 1 heterocycles. The van der Waals surface area contributed by atoms with Crippen LogP contribution in [0.3, 0.4) is 0 Å². The Morgan fingerprint density at radius 2 is 1.62 bits per heavy atom. The fourth-order valence-electron chi connectivity index (χ4n) is 4.54. The van der Waals surface area contributed by atoms with Crippen molar-refractivity contribution in [3.63, 3.8) is 0 Å². The summed E-state index contributed by atoms with van der Waals surface area (Å²) in [7, 11) is 0. The lowest BCUT2D eigenvalue weighted by atomic mass is 10.1. The average Bonchev–Trinajstić information content (AvgIpc) is 3.53. The van der Waals surface area contributed by atoms with E-state index in [1.165, 1.54) is 16.4 Å². The predicted molar refractivity (Wildman–Crippen MR) is 190 cm³/mol. The van der Waals surface area contributed by atoms with Gasteiger partial charge in [0.05, 0.1) is 12.2 Å². The lowest BCUT2D eigenvalue weighted by molar-refractivity contribution is -0.142. The molecular formula is C34H52N8O7S. The maximum atomic E-state index is 12.9. The molecule has 276 valence electrons. The highest BCUT2D eigenvalue weighted by Gasteiger charge is 2.24. The first kappa shape index (κ1) is 41.9. The van der Waals surface area contributed by atoms with E-state index in [-0.39, 0.29) is 37.0 Å². The van der Waals surface area contributed by atoms with Crippen LogP contribution in [0.15, 0.2) is 30.5 Å². The molecule has 0 aliphatic carbocycles. The molecule has 2 atom stereocenters. The van der Waals surface area contributed by atoms with Crippen LogP contribution in [0.4, 0.5) is 0 Å². The van der Waals surface area contributed by atoms with Gasteiger partial charge in [-0.3, -0.25) is 24.0 Å². The van der Waals surface area contributed by atoms with Gasteiger partial charge >= 0.3 is 5.97 Å². The number of benzene rings is 1. The number of carboxylic acid groups (broad SMARTS) is 1. The second-order valence-corrected chi connectivity index (χ2v) is 13.6. The van der Waals surface area contributed by atoms with E-state index in [1.54, 1.807) is 18.3 Å². The first-order valence-corrected chi connectivity index (χ1v) is 18.3. The zero-order valence-electron chi connectivity index (χ0n) is 29.6. The normalized spacial score (nSPS) is 12.3. The summed E-state index contributed by atoms with van der Waals surface area (Å²) in [5.41, 5.74) is 2.02. The maximum absolute atomic E-state index is 12.9. The number of ketones is 1. The molecule has 50 heavy (non-hydrogen) atoms. The van der Waals surface area contributed by atoms with Gasteiger partial charge < -0.3 is 31.7 Å². The summed E-state index contributed by atoms with van der Waals surface area (Å²) in [4.78, 5) is 74.2. The Bertz CT molecular complexity index is 1410. The van der Waals surface area contributed by atoms with Gasteiger partial charge in [0.25, 0.3) is 5.91 Å². The van der Waals surface area contributed by atoms with Crippen LogP contribution in [0.2, 0.25) is 0 Å². The van der Waals surface area contributed by atoms with E-state index in [0.717, 1.165) is 5.56 Å². The molecule has 0 saturated heterocycles. The van der Waals surface area contributed by atoms with E-state index in [4.69, 9.17) is 0 Å². The third-order valence-corrected chi connectivity index (χ3v) is 8.26. The minimum atomic E-state index is -1.21. The first-order chi connectivity index (χ1) is 23.8. The van der Waals surface area contributed by atoms with Crippen molar-refractivity contribution >= 4 is 47.1 Å². The summed E-state index contributed by atoms with van der Waals surface area (Å²) in [6.45, 7) is 8.39. The van der Waals surface area contributed by atoms with Crippen LogP contribution >= 0.6 is 11.8 Å². The summed E-state index contributed by atoms with van der Waals surface area (Å²) in [6.07, 6.45) is 5.45. The highest BCUT2D eigenvalue weighted by molar-refractivity contribution is 7.98. The summed E-state index contributed by atoms with van der Waals surface area (Å²) in [5, 5.41) is 31.3. The summed E-state index contributed by atoms with van der Waals surface area (Å²) in [6, 6.07) is 5.35. The van der Waals surface area contributed by atoms with Crippen molar-refractivity contribution < 1.29 is 33.9 Å². The van der Waals surface area contributed by atoms with Crippen LogP contribution in [0.1, 0.15) is 81.4 Å². The highest BCUT2D eigenvalue weighted by atomic mass is 32.2. The first-order valence-electron chi connectivity index (χ1n) is 16.9. The van der Waals surface area contributed by atoms with Gasteiger partial charge in [0.1, 0.15) is 18.6 Å². The molecule has 0 radical (unpaired) electrons. The number of amides is 4. The van der Waals surface area contributed by atoms with Crippen LogP contribution in [-0.4, -0.2) is 98.7 Å². The number of aromatic nitrogens is 3. The molecule has 1 aromatic heterocycles. The van der Waals surface area contributed by atoms with Crippen molar-refractivity contribution in [2.24, 2.45) is 5.92 Å². The van der Waals surface area contributed by atoms with Gasteiger partial charge in [0.15, 0.2) is 5.78 Å². The summed E-state index contributed by atoms with van der Waals surface area (Å²) >= 11 is 1.51. The molecule has 2 unspecified atom stereocenters. The van der Waals surface area contributed by atoms with Gasteiger partial charge in [0.2, 0.25) is 17.7 Å². The lowest BCUT2D eigenvalue weighted by Gasteiger charge is -2.19. The van der Waals surface area contributed by atoms with Crippen molar-refractivity contribution in [2.45, 2.75) is 97.4 Å². The Hall–Kier alpha value is -4.31. The van der Waals surface area contributed by atoms with E-state index in [9.17, 15) is 33.9 Å². The van der Waals surface area contributed by atoms with Gasteiger partial charge in [-0.05, 0) is 55.4 Å². The quantitative estimate of drug-likeness (QED) is 0.0856. The Morgan fingerprint density at radius 3 is 2.26 bits per heavy atom. The number of nitrogens with zero attached hydrogens (tertiary/aromatic N) is 3. The predicted octanol–water partition coefficient (Wildman–Crippen LogP) is 1.46. The second-order valence-electron chi connectivity index (χ2n) is 12.6. The van der Waals surface area contributed by atoms with E-state index in [0.29, 0.717) is 61.8 Å². The van der Waals surface area contributed by atoms with Gasteiger partial charge in [0, 0.05) is 49.7 Å². The fraction of sp³-hybridized carbons (Fsp3) is 0.588. The second kappa shape index (κ2) is 22.4. The number of nitrogens with one attached hydrogen (secondary N) is 5. The van der Waals surface area contributed by atoms with Gasteiger partial charge in [-0.25, -0.2) is 9.48 Å². The number of unbranched alkanes of at least 4 members (excludes halogenated alkanes) is 1. The monoisotopic (exact) mass is 716 g/mol. The lowest BCUT2D eigenvalue weighted by Crippen LogP contribution is -2.51. The molecule has 16 heteroatoms. The third-order valence-electron chi connectivity index (χ3n) is 7.62. The molecule has 1 aromatic carbocycles. The minimum Gasteiger partial charge on any atom is -0.480 e. The van der Waals surface area contributed by atoms with Crippen molar-refractivity contribution in [1.29, 1.82) is 0 Å². The number of hydrogen-bond donors (Lipinski definition) is 6. The molecule has 0 saturated carbocycles. The highest BCUT2D eigenvalue weighted by Crippen LogP contribution is 2.08. The van der Waals surface area contributed by atoms with Gasteiger partial charge in [-0.1, -0.05) is 45.0 Å². The van der Waals surface area contributed by atoms with Crippen LogP contribution in [0, 0.1) is 5.92 Å². The van der Waals surface area contributed by atoms with Crippen LogP contribution in [-0.2, 0) is 43.5 Å². The standard InChI is InChI=1S/C34H52N8O7S/c1-22(2)29(43)21-42-20-26(40-41-42)13-14-30(44)35-16-7-6-8-28(34(48)49)38-31(45)19-37-33(47)27(15-17-50-5)39-32(46)25-11-9-24(10-12-25)18-36-23(3)4/h9-12,20,22-23,27-28,36H,6-8,13-19,21H2,1-5H3,(H,35,44)(H,37,47)(H,38,45)(H,39,46)(H,48,49). The molecule has 2 aromatic rings. The average molecular weight is 717 g/mol. The number of carbonyl (C=O) groups is 6. The van der Waals surface area contributed by atoms with Crippen LogP contribution < -0.4 is 26.6 Å². The van der Waals surface area contributed by atoms with Gasteiger partial charge in [-0.2, -0.15) is 11.8 Å². The smallest absolute Gasteiger partial charge is 0.326 e. The molecule has 4 amide bonds. The molecule has 6 N–H and O–H groups in total. The Labute approximate surface area is 297 Å². The number of thioether (sulfide) groups is 1. The zero-order valence-corrected chi connectivity index (χ0v) is 30.4. The number of rotatable bonds is 24. The largest absolute Gasteiger partial charge is 0.480 e. The van der Waals surface area contributed by atoms with Crippen molar-refractivity contribution in [3.05, 3.63) is 47.3 Å². The molecule has 0 fully saturated rings. The molecule has 0 bridgehead atoms. The Balaban J connectivity index is 1.73. The van der Waals surface area contributed by atoms with Gasteiger partial charge in [-0.15, -0.1) is 5.10 Å². The molecule has 0 aliphatic heterocycles. The number of aliphatic carboxylic acids is 1. The SMILES string of the molecule is CSCCC(NC(=O)c1ccc(CNC(C)C)cc1)C(=O)NCC(=O)NC(CCCCNC(=O)CCc1cn(CC(=O)C(C)C)nn1)C(=O)O. The minimum absolute atomic E-state index is 0.0386. The summed E-state index contributed by atoms with van der Waals surface area (Å²) < 4.78 is 1.46. The number of carboxylic acids is 1. The number of Topliss-reactive ketones (excluding diaryl/α,β-unsaturated/α-hetero) is 1. The molecule has 0 spiro atoms. The maximum Gasteiger partial charge on any atom is 0.326 e. The van der Waals surface area contributed by atoms with Crippen LogP contribution in [0.25, 0.3) is 0 Å². The van der Waals surface area contributed by atoms with E-state index >= 15 is 0 Å². The number of aryl methyl sites for hydroxylation is 1. The van der Waals surface area contributed by atoms with Crippen molar-refractivity contribution in [3.8, 4) is 0 Å². The fourth-order valence-corrected chi connectivity index (χ4v) is 5.01. The van der Waals surface area contributed by atoms with E-state index in [2.05, 4.69) is 36.9 Å². The number of carbonyl (C=O) groups excluding carboxylic acids is 5. The van der Waals surface area contributed by atoms with E-state index < -0.39 is 42.3 Å². The third kappa shape index (κ3) is 16.4. The van der Waals surface area contributed by atoms with Crippen molar-refractivity contribution in [2.75, 3.05) is 25.1 Å². The summed E-state index contributed by atoms with van der Waals surface area (Å²) in [5.74, 6) is -2.53. The topological polar surface area (TPSA) is 214 Å². The molecule has 2 rings (SSSR count). The Kier molecular flexibility index (Phi) is 18.8. The molecular weight excluding hydrogens is 664 g/mol. The number of hydrogen-bond acceptors (Lipinski definition) is 10. The van der Waals surface area contributed by atoms with E-state index in [1.807, 2.05) is 46.1 Å². The van der Waals surface area contributed by atoms with Crippen molar-refractivity contribution in [1.82, 2.24) is 41.6 Å². The van der Waals surface area contributed by atoms with Crippen LogP contribution in [0.5, 0.6) is 0 Å². The molecule has 15 nitrogen and oxygen atoms in total. The zero-order chi connectivity index (χ0) is 37.1. The Morgan fingerprint density at radius 1 is 0.900 bits per heavy atom. The molecule has 0 aliphatic rings.